The fourth-order valence-corrected chi connectivity index (χ4v) is 2.59. The van der Waals surface area contributed by atoms with Gasteiger partial charge in [0.05, 0.1) is 5.69 Å². The third-order valence-corrected chi connectivity index (χ3v) is 3.44. The Kier molecular flexibility index (Phi) is 4.57. The van der Waals surface area contributed by atoms with E-state index in [4.69, 9.17) is 0 Å². The summed E-state index contributed by atoms with van der Waals surface area (Å²) in [5.74, 6) is 0.812. The van der Waals surface area contributed by atoms with Crippen LogP contribution in [0.3, 0.4) is 0 Å². The van der Waals surface area contributed by atoms with Crippen molar-refractivity contribution in [2.45, 2.75) is 26.3 Å². The van der Waals surface area contributed by atoms with Gasteiger partial charge < -0.3 is 5.32 Å². The van der Waals surface area contributed by atoms with Gasteiger partial charge in [0.1, 0.15) is 0 Å². The lowest BCUT2D eigenvalue weighted by Gasteiger charge is -2.32. The Bertz CT molecular complexity index is 334. The van der Waals surface area contributed by atoms with Crippen molar-refractivity contribution >= 4 is 0 Å². The van der Waals surface area contributed by atoms with Crippen LogP contribution in [0.25, 0.3) is 0 Å². The molecule has 1 aromatic heterocycles. The van der Waals surface area contributed by atoms with Crippen LogP contribution in [0.2, 0.25) is 0 Å². The van der Waals surface area contributed by atoms with Gasteiger partial charge in [-0.1, -0.05) is 6.92 Å². The van der Waals surface area contributed by atoms with Crippen molar-refractivity contribution in [1.29, 1.82) is 0 Å². The number of likely N-dealkylation sites (tertiary alicyclic amines) is 1. The van der Waals surface area contributed by atoms with E-state index in [-0.39, 0.29) is 0 Å². The monoisotopic (exact) mass is 236 g/mol. The molecule has 1 fully saturated rings. The minimum atomic E-state index is 0.812. The molecule has 1 aliphatic rings. The van der Waals surface area contributed by atoms with Crippen molar-refractivity contribution in [3.63, 3.8) is 0 Å². The van der Waals surface area contributed by atoms with Gasteiger partial charge in [-0.2, -0.15) is 5.10 Å². The molecule has 4 nitrogen and oxygen atoms in total. The number of nitrogens with one attached hydrogen (secondary N) is 1. The lowest BCUT2D eigenvalue weighted by Crippen LogP contribution is -2.39. The summed E-state index contributed by atoms with van der Waals surface area (Å²) >= 11 is 0. The molecule has 17 heavy (non-hydrogen) atoms. The highest BCUT2D eigenvalue weighted by Gasteiger charge is 2.19. The van der Waals surface area contributed by atoms with Gasteiger partial charge in [-0.15, -0.1) is 0 Å². The summed E-state index contributed by atoms with van der Waals surface area (Å²) in [6, 6.07) is 2.12. The molecule has 4 heteroatoms. The van der Waals surface area contributed by atoms with Crippen LogP contribution in [0.5, 0.6) is 0 Å². The number of nitrogens with zero attached hydrogens (tertiary/aromatic N) is 3. The molecule has 0 spiro atoms. The molecule has 0 aliphatic carbocycles. The van der Waals surface area contributed by atoms with Gasteiger partial charge >= 0.3 is 0 Å². The van der Waals surface area contributed by atoms with E-state index in [1.54, 1.807) is 0 Å². The predicted octanol–water partition coefficient (Wildman–Crippen LogP) is 1.24. The molecule has 96 valence electrons. The maximum Gasteiger partial charge on any atom is 0.0764 e. The van der Waals surface area contributed by atoms with E-state index in [1.165, 1.54) is 31.6 Å². The summed E-state index contributed by atoms with van der Waals surface area (Å²) in [5, 5.41) is 7.91. The van der Waals surface area contributed by atoms with E-state index in [9.17, 15) is 0 Å². The molecular weight excluding hydrogens is 212 g/mol. The van der Waals surface area contributed by atoms with Crippen molar-refractivity contribution in [3.8, 4) is 0 Å². The van der Waals surface area contributed by atoms with Gasteiger partial charge in [0.2, 0.25) is 0 Å². The lowest BCUT2D eigenvalue weighted by molar-refractivity contribution is 0.164. The molecule has 2 rings (SSSR count). The average Bonchev–Trinajstić information content (AvgIpc) is 2.73. The van der Waals surface area contributed by atoms with Crippen LogP contribution in [-0.2, 0) is 13.6 Å². The second-order valence-electron chi connectivity index (χ2n) is 5.03. The van der Waals surface area contributed by atoms with Crippen LogP contribution in [0, 0.1) is 5.92 Å². The third kappa shape index (κ3) is 3.82. The van der Waals surface area contributed by atoms with Crippen molar-refractivity contribution in [2.75, 3.05) is 26.2 Å². The number of rotatable bonds is 5. The Balaban J connectivity index is 1.80. The maximum atomic E-state index is 4.45. The molecule has 0 bridgehead atoms. The Morgan fingerprint density at radius 3 is 3.12 bits per heavy atom. The van der Waals surface area contributed by atoms with E-state index in [0.29, 0.717) is 0 Å². The largest absolute Gasteiger partial charge is 0.317 e. The van der Waals surface area contributed by atoms with Crippen LogP contribution in [0.1, 0.15) is 25.5 Å². The highest BCUT2D eigenvalue weighted by atomic mass is 15.3. The quantitative estimate of drug-likeness (QED) is 0.835. The molecule has 1 N–H and O–H groups in total. The van der Waals surface area contributed by atoms with Crippen molar-refractivity contribution in [3.05, 3.63) is 18.0 Å². The Morgan fingerprint density at radius 1 is 1.53 bits per heavy atom. The average molecular weight is 236 g/mol. The minimum Gasteiger partial charge on any atom is -0.317 e. The Labute approximate surface area is 104 Å². The highest BCUT2D eigenvalue weighted by Crippen LogP contribution is 2.17. The molecule has 0 radical (unpaired) electrons. The zero-order valence-corrected chi connectivity index (χ0v) is 11.0. The lowest BCUT2D eigenvalue weighted by atomic mass is 9.98. The Morgan fingerprint density at radius 2 is 2.41 bits per heavy atom. The Hall–Kier alpha value is -0.870. The number of aryl methyl sites for hydroxylation is 1. The van der Waals surface area contributed by atoms with Crippen molar-refractivity contribution < 1.29 is 0 Å². The normalized spacial score (nSPS) is 21.9. The van der Waals surface area contributed by atoms with Crippen LogP contribution >= 0.6 is 0 Å². The van der Waals surface area contributed by atoms with Crippen LogP contribution in [0.4, 0.5) is 0 Å². The van der Waals surface area contributed by atoms with Gasteiger partial charge in [-0.25, -0.2) is 0 Å². The second kappa shape index (κ2) is 6.17. The third-order valence-electron chi connectivity index (χ3n) is 3.44. The molecule has 1 aliphatic heterocycles. The van der Waals surface area contributed by atoms with Gasteiger partial charge in [0.15, 0.2) is 0 Å². The first-order valence-corrected chi connectivity index (χ1v) is 6.69. The SMILES string of the molecule is CCNCC1CCCN(Cc2ccn(C)n2)C1. The first-order valence-electron chi connectivity index (χ1n) is 6.69. The summed E-state index contributed by atoms with van der Waals surface area (Å²) in [6.07, 6.45) is 4.71. The molecule has 1 atom stereocenters. The molecule has 2 heterocycles. The number of hydrogen-bond donors (Lipinski definition) is 1. The first kappa shape index (κ1) is 12.6. The molecule has 1 unspecified atom stereocenters. The summed E-state index contributed by atoms with van der Waals surface area (Å²) in [6.45, 7) is 7.85. The van der Waals surface area contributed by atoms with E-state index in [0.717, 1.165) is 25.6 Å². The second-order valence-corrected chi connectivity index (χ2v) is 5.03. The molecule has 1 aromatic rings. The number of piperidine rings is 1. The summed E-state index contributed by atoms with van der Waals surface area (Å²) in [7, 11) is 1.98. The van der Waals surface area contributed by atoms with Crippen LogP contribution in [-0.4, -0.2) is 40.9 Å². The zero-order chi connectivity index (χ0) is 12.1. The fourth-order valence-electron chi connectivity index (χ4n) is 2.59. The van der Waals surface area contributed by atoms with Gasteiger partial charge in [0, 0.05) is 26.3 Å². The fraction of sp³-hybridized carbons (Fsp3) is 0.769. The molecule has 0 aromatic carbocycles. The van der Waals surface area contributed by atoms with E-state index < -0.39 is 0 Å². The minimum absolute atomic E-state index is 0.812. The standard InChI is InChI=1S/C13H24N4/c1-3-14-9-12-5-4-7-17(10-12)11-13-6-8-16(2)15-13/h6,8,12,14H,3-5,7,9-11H2,1-2H3. The highest BCUT2D eigenvalue weighted by molar-refractivity contribution is 4.98. The van der Waals surface area contributed by atoms with Crippen molar-refractivity contribution in [2.24, 2.45) is 13.0 Å². The van der Waals surface area contributed by atoms with Gasteiger partial charge in [-0.05, 0) is 44.5 Å². The van der Waals surface area contributed by atoms with E-state index >= 15 is 0 Å². The topological polar surface area (TPSA) is 33.1 Å². The zero-order valence-electron chi connectivity index (χ0n) is 11.0. The van der Waals surface area contributed by atoms with E-state index in [2.05, 4.69) is 28.3 Å². The van der Waals surface area contributed by atoms with Crippen molar-refractivity contribution in [1.82, 2.24) is 20.0 Å². The number of hydrogen-bond acceptors (Lipinski definition) is 3. The molecule has 0 amide bonds. The van der Waals surface area contributed by atoms with Gasteiger partial charge in [0.25, 0.3) is 0 Å². The summed E-state index contributed by atoms with van der Waals surface area (Å²) in [5.41, 5.74) is 1.19. The smallest absolute Gasteiger partial charge is 0.0764 e. The van der Waals surface area contributed by atoms with Crippen LogP contribution < -0.4 is 5.32 Å². The molecule has 1 saturated heterocycles. The van der Waals surface area contributed by atoms with Crippen LogP contribution in [0.15, 0.2) is 12.3 Å². The van der Waals surface area contributed by atoms with Gasteiger partial charge in [-0.3, -0.25) is 9.58 Å². The van der Waals surface area contributed by atoms with E-state index in [1.807, 2.05) is 17.9 Å². The predicted molar refractivity (Wildman–Crippen MR) is 69.8 cm³/mol. The molecular formula is C13H24N4. The number of aromatic nitrogens is 2. The summed E-state index contributed by atoms with van der Waals surface area (Å²) < 4.78 is 1.88. The summed E-state index contributed by atoms with van der Waals surface area (Å²) in [4.78, 5) is 2.54. The molecule has 0 saturated carbocycles. The first-order chi connectivity index (χ1) is 8.28. The maximum absolute atomic E-state index is 4.45.